The molecule has 0 unspecified atom stereocenters. The first kappa shape index (κ1) is 21.0. The lowest BCUT2D eigenvalue weighted by Gasteiger charge is -2.22. The highest BCUT2D eigenvalue weighted by atomic mass is 35.5. The number of nitrogens with zero attached hydrogens (tertiary/aromatic N) is 2. The molecule has 0 radical (unpaired) electrons. The topological polar surface area (TPSA) is 79.4 Å². The number of hydrogen-bond donors (Lipinski definition) is 1. The molecule has 0 spiro atoms. The Morgan fingerprint density at radius 3 is 2.24 bits per heavy atom. The number of hydrogen-bond acceptors (Lipinski definition) is 4. The lowest BCUT2D eigenvalue weighted by molar-refractivity contribution is -0.121. The number of nitrogens with one attached hydrogen (secondary N) is 1. The van der Waals surface area contributed by atoms with Gasteiger partial charge in [-0.2, -0.15) is 4.31 Å². The molecule has 1 aromatic heterocycles. The maximum atomic E-state index is 13.1. The molecule has 0 fully saturated rings. The Kier molecular flexibility index (Phi) is 6.98. The van der Waals surface area contributed by atoms with Crippen LogP contribution in [0.5, 0.6) is 0 Å². The minimum atomic E-state index is -3.86. The molecule has 1 amide bonds. The first-order chi connectivity index (χ1) is 13.9. The Labute approximate surface area is 175 Å². The van der Waals surface area contributed by atoms with Gasteiger partial charge in [0.15, 0.2) is 0 Å². The summed E-state index contributed by atoms with van der Waals surface area (Å²) in [5.74, 6) is -0.393. The average Bonchev–Trinajstić information content (AvgIpc) is 2.74. The fourth-order valence-electron chi connectivity index (χ4n) is 2.68. The summed E-state index contributed by atoms with van der Waals surface area (Å²) >= 11 is 5.92. The summed E-state index contributed by atoms with van der Waals surface area (Å²) in [5.41, 5.74) is 1.61. The van der Waals surface area contributed by atoms with Crippen molar-refractivity contribution in [3.8, 4) is 0 Å². The third-order valence-corrected chi connectivity index (χ3v) is 6.27. The Morgan fingerprint density at radius 2 is 1.59 bits per heavy atom. The number of carbonyl (C=O) groups excluding carboxylic acids is 1. The summed E-state index contributed by atoms with van der Waals surface area (Å²) in [6, 6.07) is 18.5. The van der Waals surface area contributed by atoms with Crippen LogP contribution in [0.15, 0.2) is 84.0 Å². The molecule has 0 aliphatic rings. The van der Waals surface area contributed by atoms with Gasteiger partial charge in [0.2, 0.25) is 15.9 Å². The van der Waals surface area contributed by atoms with E-state index in [0.29, 0.717) is 11.6 Å². The van der Waals surface area contributed by atoms with E-state index in [1.54, 1.807) is 67.0 Å². The zero-order valence-corrected chi connectivity index (χ0v) is 17.1. The second-order valence-electron chi connectivity index (χ2n) is 6.34. The Balaban J connectivity index is 1.78. The highest BCUT2D eigenvalue weighted by Crippen LogP contribution is 2.19. The van der Waals surface area contributed by atoms with Gasteiger partial charge in [-0.05, 0) is 47.5 Å². The van der Waals surface area contributed by atoms with Gasteiger partial charge in [-0.25, -0.2) is 8.42 Å². The molecule has 8 heteroatoms. The zero-order chi connectivity index (χ0) is 20.7. The predicted molar refractivity (Wildman–Crippen MR) is 112 cm³/mol. The maximum absolute atomic E-state index is 13.1. The zero-order valence-electron chi connectivity index (χ0n) is 15.5. The van der Waals surface area contributed by atoms with Crippen molar-refractivity contribution in [2.45, 2.75) is 18.0 Å². The molecule has 1 N–H and O–H groups in total. The van der Waals surface area contributed by atoms with Crippen LogP contribution in [-0.2, 0) is 27.9 Å². The van der Waals surface area contributed by atoms with Crippen LogP contribution in [0.4, 0.5) is 0 Å². The molecule has 0 saturated carbocycles. The van der Waals surface area contributed by atoms with E-state index in [9.17, 15) is 13.2 Å². The first-order valence-corrected chi connectivity index (χ1v) is 10.7. The molecule has 3 rings (SSSR count). The van der Waals surface area contributed by atoms with E-state index >= 15 is 0 Å². The lowest BCUT2D eigenvalue weighted by atomic mass is 10.2. The number of carbonyl (C=O) groups is 1. The molecule has 2 aromatic carbocycles. The summed E-state index contributed by atoms with van der Waals surface area (Å²) < 4.78 is 27.4. The summed E-state index contributed by atoms with van der Waals surface area (Å²) in [4.78, 5) is 16.6. The van der Waals surface area contributed by atoms with Crippen LogP contribution in [0.2, 0.25) is 5.02 Å². The van der Waals surface area contributed by atoms with Gasteiger partial charge in [-0.1, -0.05) is 41.9 Å². The van der Waals surface area contributed by atoms with E-state index in [4.69, 9.17) is 11.6 Å². The number of halogens is 1. The second-order valence-corrected chi connectivity index (χ2v) is 8.72. The van der Waals surface area contributed by atoms with Crippen molar-refractivity contribution >= 4 is 27.5 Å². The number of benzene rings is 2. The monoisotopic (exact) mass is 429 g/mol. The van der Waals surface area contributed by atoms with Crippen molar-refractivity contribution < 1.29 is 13.2 Å². The Morgan fingerprint density at radius 1 is 0.931 bits per heavy atom. The number of sulfonamides is 1. The number of pyridine rings is 1. The van der Waals surface area contributed by atoms with Gasteiger partial charge < -0.3 is 5.32 Å². The van der Waals surface area contributed by atoms with Gasteiger partial charge in [-0.15, -0.1) is 0 Å². The number of aromatic nitrogens is 1. The smallest absolute Gasteiger partial charge is 0.243 e. The minimum absolute atomic E-state index is 0.0527. The Hall–Kier alpha value is -2.74. The highest BCUT2D eigenvalue weighted by molar-refractivity contribution is 7.89. The van der Waals surface area contributed by atoms with Crippen molar-refractivity contribution in [2.24, 2.45) is 0 Å². The van der Waals surface area contributed by atoms with Crippen molar-refractivity contribution in [1.82, 2.24) is 14.6 Å². The van der Waals surface area contributed by atoms with Gasteiger partial charge in [0.1, 0.15) is 0 Å². The lowest BCUT2D eigenvalue weighted by Crippen LogP contribution is -2.40. The normalized spacial score (nSPS) is 11.4. The van der Waals surface area contributed by atoms with E-state index in [2.05, 4.69) is 10.3 Å². The van der Waals surface area contributed by atoms with Crippen LogP contribution >= 0.6 is 11.6 Å². The van der Waals surface area contributed by atoms with Gasteiger partial charge in [0, 0.05) is 30.5 Å². The summed E-state index contributed by atoms with van der Waals surface area (Å²) in [6.45, 7) is 0.0452. The van der Waals surface area contributed by atoms with Crippen LogP contribution in [0, 0.1) is 0 Å². The van der Waals surface area contributed by atoms with E-state index in [0.717, 1.165) is 15.4 Å². The highest BCUT2D eigenvalue weighted by Gasteiger charge is 2.26. The van der Waals surface area contributed by atoms with Gasteiger partial charge in [-0.3, -0.25) is 9.78 Å². The molecular formula is C21H20ClN3O3S. The molecule has 150 valence electrons. The van der Waals surface area contributed by atoms with Crippen LogP contribution < -0.4 is 5.32 Å². The van der Waals surface area contributed by atoms with Gasteiger partial charge >= 0.3 is 0 Å². The Bertz CT molecular complexity index is 1040. The quantitative estimate of drug-likeness (QED) is 0.596. The predicted octanol–water partition coefficient (Wildman–Crippen LogP) is 3.24. The second kappa shape index (κ2) is 9.65. The third kappa shape index (κ3) is 5.87. The molecule has 0 aliphatic heterocycles. The molecule has 0 bridgehead atoms. The van der Waals surface area contributed by atoms with E-state index in [-0.39, 0.29) is 18.0 Å². The average molecular weight is 430 g/mol. The summed E-state index contributed by atoms with van der Waals surface area (Å²) in [5, 5.41) is 3.31. The van der Waals surface area contributed by atoms with Crippen molar-refractivity contribution in [3.05, 3.63) is 95.3 Å². The number of amides is 1. The molecule has 29 heavy (non-hydrogen) atoms. The molecule has 1 heterocycles. The summed E-state index contributed by atoms with van der Waals surface area (Å²) in [7, 11) is -3.86. The van der Waals surface area contributed by atoms with Crippen LogP contribution in [0.3, 0.4) is 0 Å². The van der Waals surface area contributed by atoms with Crippen molar-refractivity contribution in [3.63, 3.8) is 0 Å². The maximum Gasteiger partial charge on any atom is 0.243 e. The van der Waals surface area contributed by atoms with Crippen molar-refractivity contribution in [1.29, 1.82) is 0 Å². The molecule has 6 nitrogen and oxygen atoms in total. The first-order valence-electron chi connectivity index (χ1n) is 8.90. The SMILES string of the molecule is O=C(CN(Cc1ccc(Cl)cc1)S(=O)(=O)c1ccccc1)NCc1ccncc1. The molecule has 0 atom stereocenters. The molecule has 3 aromatic rings. The minimum Gasteiger partial charge on any atom is -0.351 e. The van der Waals surface area contributed by atoms with Gasteiger partial charge in [0.05, 0.1) is 11.4 Å². The van der Waals surface area contributed by atoms with Crippen LogP contribution in [0.25, 0.3) is 0 Å². The summed E-state index contributed by atoms with van der Waals surface area (Å²) in [6.07, 6.45) is 3.27. The molecule has 0 aliphatic carbocycles. The van der Waals surface area contributed by atoms with E-state index in [1.165, 1.54) is 12.1 Å². The van der Waals surface area contributed by atoms with E-state index in [1.807, 2.05) is 0 Å². The van der Waals surface area contributed by atoms with Crippen LogP contribution in [-0.4, -0.2) is 30.2 Å². The molecular weight excluding hydrogens is 410 g/mol. The largest absolute Gasteiger partial charge is 0.351 e. The fourth-order valence-corrected chi connectivity index (χ4v) is 4.21. The van der Waals surface area contributed by atoms with Gasteiger partial charge in [0.25, 0.3) is 0 Å². The standard InChI is InChI=1S/C21H20ClN3O3S/c22-19-8-6-18(7-9-19)15-25(29(27,28)20-4-2-1-3-5-20)16-21(26)24-14-17-10-12-23-13-11-17/h1-13H,14-16H2,(H,24,26). The number of rotatable bonds is 8. The fraction of sp³-hybridized carbons (Fsp3) is 0.143. The van der Waals surface area contributed by atoms with Crippen molar-refractivity contribution in [2.75, 3.05) is 6.54 Å². The van der Waals surface area contributed by atoms with Crippen LogP contribution in [0.1, 0.15) is 11.1 Å². The molecule has 0 saturated heterocycles. The van der Waals surface area contributed by atoms with E-state index < -0.39 is 15.9 Å². The third-order valence-electron chi connectivity index (χ3n) is 4.21.